The van der Waals surface area contributed by atoms with Crippen LogP contribution in [0.4, 0.5) is 0 Å². The van der Waals surface area contributed by atoms with Gasteiger partial charge in [-0.05, 0) is 46.5 Å². The fourth-order valence-electron chi connectivity index (χ4n) is 5.94. The topological polar surface area (TPSA) is 370 Å². The molecule has 0 saturated carbocycles. The molecule has 0 bridgehead atoms. The number of nitrogens with zero attached hydrogens (tertiary/aromatic N) is 1. The Kier molecular flexibility index (Phi) is 21.3. The van der Waals surface area contributed by atoms with Crippen LogP contribution in [0.5, 0.6) is 0 Å². The molecule has 0 aromatic carbocycles. The fraction of sp³-hybridized carbons (Fsp3) is 0.694. The van der Waals surface area contributed by atoms with E-state index in [0.717, 1.165) is 0 Å². The number of imide groups is 1. The number of Topliss-reactive ketones (excluding diaryl/α,β-unsaturated/α-hetero) is 1. The molecule has 1 aliphatic rings. The summed E-state index contributed by atoms with van der Waals surface area (Å²) in [4.78, 5) is 139. The molecule has 23 heteroatoms. The van der Waals surface area contributed by atoms with Gasteiger partial charge in [0.25, 0.3) is 0 Å². The normalized spacial score (nSPS) is 15.9. The smallest absolute Gasteiger partial charge is 0.326 e. The number of ketones is 1. The largest absolute Gasteiger partial charge is 0.481 e. The zero-order chi connectivity index (χ0) is 45.2. The van der Waals surface area contributed by atoms with Crippen LogP contribution in [-0.2, 0) is 52.7 Å². The highest BCUT2D eigenvalue weighted by Gasteiger charge is 2.39. The molecule has 12 N–H and O–H groups in total. The molecule has 0 radical (unpaired) electrons. The van der Waals surface area contributed by atoms with Crippen LogP contribution in [0.2, 0.25) is 0 Å². The highest BCUT2D eigenvalue weighted by Crippen LogP contribution is 2.16. The molecular weight excluding hydrogens is 784 g/mol. The molecule has 1 rings (SSSR count). The lowest BCUT2D eigenvalue weighted by Gasteiger charge is -2.30. The molecule has 23 nitrogen and oxygen atoms in total. The predicted octanol–water partition coefficient (Wildman–Crippen LogP) is -2.82. The summed E-state index contributed by atoms with van der Waals surface area (Å²) in [6.07, 6.45) is -3.98. The van der Waals surface area contributed by atoms with E-state index in [-0.39, 0.29) is 31.7 Å². The molecule has 0 unspecified atom stereocenters. The average Bonchev–Trinajstić information content (AvgIpc) is 3.45. The second-order valence-electron chi connectivity index (χ2n) is 15.3. The molecule has 1 saturated heterocycles. The van der Waals surface area contributed by atoms with Crippen molar-refractivity contribution in [2.45, 2.75) is 147 Å². The Labute approximate surface area is 340 Å². The third kappa shape index (κ3) is 19.2. The minimum absolute atomic E-state index is 0.157. The Bertz CT molecular complexity index is 1560. The average molecular weight is 843 g/mol. The number of carbonyl (C=O) groups excluding carboxylic acids is 7. The van der Waals surface area contributed by atoms with Gasteiger partial charge in [-0.15, -0.1) is 0 Å². The Morgan fingerprint density at radius 1 is 0.627 bits per heavy atom. The summed E-state index contributed by atoms with van der Waals surface area (Å²) in [6, 6.07) is -9.12. The number of nitrogens with one attached hydrogen (secondary N) is 6. The molecule has 0 spiro atoms. The van der Waals surface area contributed by atoms with E-state index in [1.807, 2.05) is 0 Å². The Morgan fingerprint density at radius 2 is 1.05 bits per heavy atom. The second-order valence-corrected chi connectivity index (χ2v) is 15.3. The first-order valence-electron chi connectivity index (χ1n) is 19.0. The van der Waals surface area contributed by atoms with Gasteiger partial charge in [0, 0.05) is 63.2 Å². The van der Waals surface area contributed by atoms with E-state index >= 15 is 0 Å². The summed E-state index contributed by atoms with van der Waals surface area (Å²) in [5.41, 5.74) is 4.96. The van der Waals surface area contributed by atoms with Gasteiger partial charge in [0.05, 0.1) is 18.1 Å². The van der Waals surface area contributed by atoms with E-state index in [0.29, 0.717) is 4.90 Å². The van der Waals surface area contributed by atoms with Gasteiger partial charge >= 0.3 is 23.9 Å². The number of carboxylic acid groups (broad SMARTS) is 4. The number of likely N-dealkylation sites (tertiary alicyclic amines) is 1. The van der Waals surface area contributed by atoms with Crippen LogP contribution in [0.1, 0.15) is 98.8 Å². The van der Waals surface area contributed by atoms with Gasteiger partial charge in [0.15, 0.2) is 5.78 Å². The molecule has 6 atom stereocenters. The van der Waals surface area contributed by atoms with Crippen molar-refractivity contribution >= 4 is 65.1 Å². The van der Waals surface area contributed by atoms with Crippen molar-refractivity contribution in [3.05, 3.63) is 0 Å². The Morgan fingerprint density at radius 3 is 1.51 bits per heavy atom. The summed E-state index contributed by atoms with van der Waals surface area (Å²) >= 11 is 0. The number of carboxylic acids is 4. The minimum atomic E-state index is -1.74. The van der Waals surface area contributed by atoms with Gasteiger partial charge in [0.1, 0.15) is 18.1 Å². The van der Waals surface area contributed by atoms with Crippen LogP contribution in [0.15, 0.2) is 0 Å². The van der Waals surface area contributed by atoms with Gasteiger partial charge in [-0.25, -0.2) is 4.79 Å². The number of nitrogens with two attached hydrogens (primary N) is 1. The molecule has 59 heavy (non-hydrogen) atoms. The zero-order valence-electron chi connectivity index (χ0n) is 33.8. The van der Waals surface area contributed by atoms with Crippen molar-refractivity contribution in [2.75, 3.05) is 13.1 Å². The molecular formula is C36H58N8O15. The maximum atomic E-state index is 13.9. The van der Waals surface area contributed by atoms with Crippen molar-refractivity contribution in [1.82, 2.24) is 36.8 Å². The number of amides is 6. The van der Waals surface area contributed by atoms with E-state index in [4.69, 9.17) is 10.8 Å². The Hall–Kier alpha value is -5.55. The van der Waals surface area contributed by atoms with Gasteiger partial charge in [0.2, 0.25) is 35.4 Å². The SMILES string of the molecule is CC(C)N[C@@H](CCC(=O)O)C(=O)N[C@@H](CCC(=O)[C@H](CCC(=O)O)NC(=O)[C@H](CNC(=O)[C@H](CN)N1C(=O)CCC1=O)NC(=O)[C@H](CCC(=O)O)NC(C)(C)C)C(=O)O. The van der Waals surface area contributed by atoms with Crippen molar-refractivity contribution < 1.29 is 73.2 Å². The maximum Gasteiger partial charge on any atom is 0.326 e. The summed E-state index contributed by atoms with van der Waals surface area (Å²) in [6.45, 7) is 7.19. The van der Waals surface area contributed by atoms with Crippen LogP contribution in [-0.4, -0.2) is 151 Å². The van der Waals surface area contributed by atoms with Crippen molar-refractivity contribution in [3.63, 3.8) is 0 Å². The van der Waals surface area contributed by atoms with Crippen LogP contribution in [0.25, 0.3) is 0 Å². The molecule has 0 aromatic heterocycles. The first kappa shape index (κ1) is 51.5. The molecule has 1 heterocycles. The number of rotatable bonds is 28. The predicted molar refractivity (Wildman–Crippen MR) is 204 cm³/mol. The van der Waals surface area contributed by atoms with E-state index in [1.54, 1.807) is 34.6 Å². The van der Waals surface area contributed by atoms with Crippen LogP contribution in [0, 0.1) is 0 Å². The first-order chi connectivity index (χ1) is 27.4. The third-order valence-corrected chi connectivity index (χ3v) is 8.76. The van der Waals surface area contributed by atoms with Gasteiger partial charge < -0.3 is 58.1 Å². The molecule has 0 aliphatic carbocycles. The lowest BCUT2D eigenvalue weighted by atomic mass is 9.99. The van der Waals surface area contributed by atoms with E-state index in [2.05, 4.69) is 31.9 Å². The second kappa shape index (κ2) is 24.4. The van der Waals surface area contributed by atoms with Crippen molar-refractivity contribution in [3.8, 4) is 0 Å². The van der Waals surface area contributed by atoms with Crippen LogP contribution in [0.3, 0.4) is 0 Å². The van der Waals surface area contributed by atoms with Crippen LogP contribution < -0.4 is 37.6 Å². The standard InChI is InChI=1S/C36H58N8O15/c1-18(2)39-20(8-14-29(50)51)31(54)41-22(35(58)59)6-10-25(45)19(7-13-28(48)49)40-33(56)23(42-32(55)21(9-15-30(52)53)43-36(3,4)5)17-38-34(57)24(16-37)44-26(46)11-12-27(44)47/h18-24,39,43H,6-17,37H2,1-5H3,(H,38,57)(H,40,56)(H,41,54)(H,42,55)(H,48,49)(H,50,51)(H,52,53)(H,58,59)/t19-,20-,21-,22-,23-,24-/m0/s1. The fourth-order valence-corrected chi connectivity index (χ4v) is 5.94. The van der Waals surface area contributed by atoms with Gasteiger partial charge in [-0.1, -0.05) is 13.8 Å². The first-order valence-corrected chi connectivity index (χ1v) is 19.0. The number of aliphatic carboxylic acids is 4. The number of hydrogen-bond acceptors (Lipinski definition) is 14. The van der Waals surface area contributed by atoms with E-state index in [9.17, 15) is 68.1 Å². The van der Waals surface area contributed by atoms with E-state index < -0.39 is 159 Å². The van der Waals surface area contributed by atoms with Crippen molar-refractivity contribution in [1.29, 1.82) is 0 Å². The number of hydrogen-bond donors (Lipinski definition) is 11. The molecule has 1 aliphatic heterocycles. The van der Waals surface area contributed by atoms with Crippen molar-refractivity contribution in [2.24, 2.45) is 5.73 Å². The quantitative estimate of drug-likeness (QED) is 0.0354. The summed E-state index contributed by atoms with van der Waals surface area (Å²) in [5, 5.41) is 52.7. The Balaban J connectivity index is 3.40. The molecule has 0 aromatic rings. The monoisotopic (exact) mass is 842 g/mol. The third-order valence-electron chi connectivity index (χ3n) is 8.76. The van der Waals surface area contributed by atoms with Gasteiger partial charge in [-0.3, -0.25) is 52.8 Å². The molecule has 332 valence electrons. The summed E-state index contributed by atoms with van der Waals surface area (Å²) in [5.74, 6) is -11.4. The van der Waals surface area contributed by atoms with E-state index in [1.165, 1.54) is 0 Å². The summed E-state index contributed by atoms with van der Waals surface area (Å²) < 4.78 is 0. The lowest BCUT2D eigenvalue weighted by Crippen LogP contribution is -2.61. The van der Waals surface area contributed by atoms with Gasteiger partial charge in [-0.2, -0.15) is 0 Å². The molecule has 6 amide bonds. The highest BCUT2D eigenvalue weighted by molar-refractivity contribution is 6.06. The maximum absolute atomic E-state index is 13.9. The lowest BCUT2D eigenvalue weighted by molar-refractivity contribution is -0.146. The molecule has 1 fully saturated rings. The summed E-state index contributed by atoms with van der Waals surface area (Å²) in [7, 11) is 0. The zero-order valence-corrected chi connectivity index (χ0v) is 33.8. The minimum Gasteiger partial charge on any atom is -0.481 e. The number of carbonyl (C=O) groups is 11. The highest BCUT2D eigenvalue weighted by atomic mass is 16.4. The van der Waals surface area contributed by atoms with Crippen LogP contribution >= 0.6 is 0 Å².